The van der Waals surface area contributed by atoms with E-state index in [1.165, 1.54) is 12.8 Å². The van der Waals surface area contributed by atoms with Crippen LogP contribution in [0.1, 0.15) is 18.5 Å². The molecule has 0 radical (unpaired) electrons. The number of nitrogens with zero attached hydrogens (tertiary/aromatic N) is 2. The third kappa shape index (κ3) is 3.66. The first-order valence-electron chi connectivity index (χ1n) is 7.61. The van der Waals surface area contributed by atoms with Gasteiger partial charge in [0.1, 0.15) is 10.8 Å². The summed E-state index contributed by atoms with van der Waals surface area (Å²) in [5, 5.41) is 13.1. The van der Waals surface area contributed by atoms with Gasteiger partial charge in [-0.25, -0.2) is 4.98 Å². The number of benzene rings is 1. The molecule has 0 spiro atoms. The molecule has 0 saturated heterocycles. The van der Waals surface area contributed by atoms with Crippen molar-refractivity contribution in [2.75, 3.05) is 20.7 Å². The van der Waals surface area contributed by atoms with Crippen molar-refractivity contribution < 1.29 is 9.84 Å². The number of aromatic nitrogens is 1. The van der Waals surface area contributed by atoms with Gasteiger partial charge < -0.3 is 9.84 Å². The summed E-state index contributed by atoms with van der Waals surface area (Å²) in [6.07, 6.45) is 2.14. The zero-order valence-corrected chi connectivity index (χ0v) is 13.8. The highest BCUT2D eigenvalue weighted by atomic mass is 32.1. The smallest absolute Gasteiger partial charge is 0.129 e. The summed E-state index contributed by atoms with van der Waals surface area (Å²) in [4.78, 5) is 6.85. The molecule has 1 aliphatic rings. The second-order valence-electron chi connectivity index (χ2n) is 5.95. The van der Waals surface area contributed by atoms with Crippen LogP contribution in [0.5, 0.6) is 5.75 Å². The van der Waals surface area contributed by atoms with Crippen LogP contribution in [0.15, 0.2) is 29.6 Å². The van der Waals surface area contributed by atoms with Crippen LogP contribution in [0.25, 0.3) is 10.6 Å². The van der Waals surface area contributed by atoms with Crippen LogP contribution in [0.3, 0.4) is 0 Å². The number of rotatable bonds is 7. The van der Waals surface area contributed by atoms with Crippen LogP contribution < -0.4 is 4.74 Å². The molecule has 0 amide bonds. The van der Waals surface area contributed by atoms with Gasteiger partial charge in [0.25, 0.3) is 0 Å². The van der Waals surface area contributed by atoms with E-state index in [1.807, 2.05) is 31.3 Å². The number of hydrogen-bond acceptors (Lipinski definition) is 5. The average molecular weight is 318 g/mol. The lowest BCUT2D eigenvalue weighted by Gasteiger charge is -2.19. The van der Waals surface area contributed by atoms with Gasteiger partial charge in [0, 0.05) is 18.5 Å². The molecular formula is C17H22N2O2S. The van der Waals surface area contributed by atoms with Crippen LogP contribution in [-0.4, -0.2) is 41.8 Å². The molecule has 1 aliphatic carbocycles. The minimum Gasteiger partial charge on any atom is -0.496 e. The van der Waals surface area contributed by atoms with Crippen molar-refractivity contribution in [1.82, 2.24) is 9.88 Å². The Kier molecular flexibility index (Phi) is 4.76. The molecule has 0 aliphatic heterocycles. The van der Waals surface area contributed by atoms with Gasteiger partial charge in [-0.3, -0.25) is 4.90 Å². The quantitative estimate of drug-likeness (QED) is 0.852. The minimum absolute atomic E-state index is 0.197. The van der Waals surface area contributed by atoms with Gasteiger partial charge in [-0.2, -0.15) is 0 Å². The maximum absolute atomic E-state index is 10.0. The third-order valence-corrected chi connectivity index (χ3v) is 4.91. The number of thiazole rings is 1. The van der Waals surface area contributed by atoms with Crippen LogP contribution in [0, 0.1) is 5.92 Å². The fraction of sp³-hybridized carbons (Fsp3) is 0.471. The van der Waals surface area contributed by atoms with E-state index < -0.39 is 0 Å². The van der Waals surface area contributed by atoms with Gasteiger partial charge in [0.15, 0.2) is 0 Å². The SMILES string of the molecule is COc1ccccc1-c1nc(CN(C)CC(O)C2CC2)cs1. The molecule has 1 saturated carbocycles. The number of aliphatic hydroxyl groups excluding tert-OH is 1. The lowest BCUT2D eigenvalue weighted by Crippen LogP contribution is -2.30. The molecule has 1 aromatic carbocycles. The van der Waals surface area contributed by atoms with Crippen molar-refractivity contribution in [1.29, 1.82) is 0 Å². The van der Waals surface area contributed by atoms with Gasteiger partial charge in [0.2, 0.25) is 0 Å². The lowest BCUT2D eigenvalue weighted by molar-refractivity contribution is 0.104. The third-order valence-electron chi connectivity index (χ3n) is 3.99. The number of methoxy groups -OCH3 is 1. The standard InChI is InChI=1S/C17H22N2O2S/c1-19(10-15(20)12-7-8-12)9-13-11-22-17(18-13)14-5-3-4-6-16(14)21-2/h3-6,11-12,15,20H,7-10H2,1-2H3. The summed E-state index contributed by atoms with van der Waals surface area (Å²) < 4.78 is 5.40. The van der Waals surface area contributed by atoms with E-state index in [0.29, 0.717) is 12.5 Å². The Morgan fingerprint density at radius 1 is 1.41 bits per heavy atom. The molecule has 2 aromatic rings. The summed E-state index contributed by atoms with van der Waals surface area (Å²) in [6.45, 7) is 1.47. The second-order valence-corrected chi connectivity index (χ2v) is 6.80. The second kappa shape index (κ2) is 6.77. The van der Waals surface area contributed by atoms with E-state index in [9.17, 15) is 5.11 Å². The van der Waals surface area contributed by atoms with Crippen molar-refractivity contribution in [3.8, 4) is 16.3 Å². The van der Waals surface area contributed by atoms with Crippen molar-refractivity contribution in [2.45, 2.75) is 25.5 Å². The Hall–Kier alpha value is -1.43. The van der Waals surface area contributed by atoms with Gasteiger partial charge in [-0.15, -0.1) is 11.3 Å². The van der Waals surface area contributed by atoms with Crippen LogP contribution in [0.2, 0.25) is 0 Å². The predicted octanol–water partition coefficient (Wildman–Crippen LogP) is 3.02. The molecule has 0 bridgehead atoms. The number of para-hydroxylation sites is 1. The average Bonchev–Trinajstić information content (AvgIpc) is 3.28. The summed E-state index contributed by atoms with van der Waals surface area (Å²) in [5.74, 6) is 1.36. The van der Waals surface area contributed by atoms with Gasteiger partial charge >= 0.3 is 0 Å². The molecule has 1 aromatic heterocycles. The number of hydrogen-bond donors (Lipinski definition) is 1. The van der Waals surface area contributed by atoms with Crippen molar-refractivity contribution in [3.63, 3.8) is 0 Å². The van der Waals surface area contributed by atoms with Crippen molar-refractivity contribution >= 4 is 11.3 Å². The van der Waals surface area contributed by atoms with E-state index in [-0.39, 0.29) is 6.10 Å². The molecule has 1 N–H and O–H groups in total. The normalized spacial score (nSPS) is 16.0. The fourth-order valence-electron chi connectivity index (χ4n) is 2.62. The Labute approximate surface area is 135 Å². The summed E-state index contributed by atoms with van der Waals surface area (Å²) in [5.41, 5.74) is 2.07. The molecule has 118 valence electrons. The van der Waals surface area contributed by atoms with E-state index in [2.05, 4.69) is 10.3 Å². The lowest BCUT2D eigenvalue weighted by atomic mass is 10.2. The Morgan fingerprint density at radius 3 is 2.91 bits per heavy atom. The molecule has 1 heterocycles. The minimum atomic E-state index is -0.197. The van der Waals surface area contributed by atoms with E-state index in [4.69, 9.17) is 9.72 Å². The molecule has 5 heteroatoms. The Bertz CT molecular complexity index is 625. The van der Waals surface area contributed by atoms with Crippen molar-refractivity contribution in [2.24, 2.45) is 5.92 Å². The van der Waals surface area contributed by atoms with Crippen molar-refractivity contribution in [3.05, 3.63) is 35.3 Å². The van der Waals surface area contributed by atoms with E-state index >= 15 is 0 Å². The first-order chi connectivity index (χ1) is 10.7. The number of ether oxygens (including phenoxy) is 1. The number of aliphatic hydroxyl groups is 1. The number of likely N-dealkylation sites (N-methyl/N-ethyl adjacent to an activating group) is 1. The van der Waals surface area contributed by atoms with E-state index in [0.717, 1.165) is 28.6 Å². The monoisotopic (exact) mass is 318 g/mol. The zero-order chi connectivity index (χ0) is 15.5. The molecular weight excluding hydrogens is 296 g/mol. The van der Waals surface area contributed by atoms with Gasteiger partial charge in [-0.05, 0) is 37.9 Å². The topological polar surface area (TPSA) is 45.6 Å². The molecule has 1 fully saturated rings. The first-order valence-corrected chi connectivity index (χ1v) is 8.49. The predicted molar refractivity (Wildman–Crippen MR) is 89.2 cm³/mol. The van der Waals surface area contributed by atoms with Crippen LogP contribution in [-0.2, 0) is 6.54 Å². The Morgan fingerprint density at radius 2 is 2.18 bits per heavy atom. The molecule has 1 atom stereocenters. The van der Waals surface area contributed by atoms with Gasteiger partial charge in [0.05, 0.1) is 24.5 Å². The highest BCUT2D eigenvalue weighted by molar-refractivity contribution is 7.13. The highest BCUT2D eigenvalue weighted by Gasteiger charge is 2.30. The molecule has 3 rings (SSSR count). The first kappa shape index (κ1) is 15.5. The van der Waals surface area contributed by atoms with Gasteiger partial charge in [-0.1, -0.05) is 12.1 Å². The Balaban J connectivity index is 1.65. The highest BCUT2D eigenvalue weighted by Crippen LogP contribution is 2.33. The molecule has 1 unspecified atom stereocenters. The molecule has 4 nitrogen and oxygen atoms in total. The zero-order valence-electron chi connectivity index (χ0n) is 13.0. The maximum atomic E-state index is 10.0. The van der Waals surface area contributed by atoms with Crippen LogP contribution in [0.4, 0.5) is 0 Å². The summed E-state index contributed by atoms with van der Waals surface area (Å²) in [7, 11) is 3.72. The fourth-order valence-corrected chi connectivity index (χ4v) is 3.46. The molecule has 22 heavy (non-hydrogen) atoms. The van der Waals surface area contributed by atoms with Crippen LogP contribution >= 0.6 is 11.3 Å². The largest absolute Gasteiger partial charge is 0.496 e. The maximum Gasteiger partial charge on any atom is 0.129 e. The van der Waals surface area contributed by atoms with E-state index in [1.54, 1.807) is 18.4 Å². The summed E-state index contributed by atoms with van der Waals surface area (Å²) in [6, 6.07) is 7.94. The summed E-state index contributed by atoms with van der Waals surface area (Å²) >= 11 is 1.63.